The zero-order chi connectivity index (χ0) is 30.9. The third-order valence-corrected chi connectivity index (χ3v) is 16.2. The van der Waals surface area contributed by atoms with Crippen LogP contribution in [0.1, 0.15) is 127 Å². The molecule has 0 saturated heterocycles. The van der Waals surface area contributed by atoms with Gasteiger partial charge in [0.05, 0.1) is 31.2 Å². The lowest BCUT2D eigenvalue weighted by Gasteiger charge is -2.72. The zero-order valence-electron chi connectivity index (χ0n) is 29.1. The first-order chi connectivity index (χ1) is 19.6. The first-order valence-electron chi connectivity index (χ1n) is 17.8. The van der Waals surface area contributed by atoms with Crippen LogP contribution in [0.25, 0.3) is 0 Å². The number of quaternary nitrogens is 1. The largest absolute Gasteiger partial charge is 1.00 e. The van der Waals surface area contributed by atoms with Crippen molar-refractivity contribution in [2.75, 3.05) is 32.8 Å². The molecule has 248 valence electrons. The van der Waals surface area contributed by atoms with E-state index in [4.69, 9.17) is 4.74 Å². The quantitative estimate of drug-likeness (QED) is 0.308. The third-order valence-electron chi connectivity index (χ3n) is 16.2. The van der Waals surface area contributed by atoms with Crippen molar-refractivity contribution in [1.29, 1.82) is 0 Å². The molecule has 5 fully saturated rings. The topological polar surface area (TPSA) is 63.6 Å². The number of nitrogens with zero attached hydrogens (tertiary/aromatic N) is 1. The van der Waals surface area contributed by atoms with Crippen molar-refractivity contribution in [2.24, 2.45) is 56.7 Å². The Labute approximate surface area is 274 Å². The highest BCUT2D eigenvalue weighted by molar-refractivity contribution is 5.84. The molecule has 5 aliphatic carbocycles. The van der Waals surface area contributed by atoms with Crippen LogP contribution in [0.15, 0.2) is 0 Å². The summed E-state index contributed by atoms with van der Waals surface area (Å²) in [7, 11) is 0. The van der Waals surface area contributed by atoms with Gasteiger partial charge in [0.15, 0.2) is 0 Å². The number of rotatable bonds is 8. The number of carbonyl (C=O) groups is 2. The van der Waals surface area contributed by atoms with Crippen molar-refractivity contribution in [3.05, 3.63) is 0 Å². The normalized spacial score (nSPS) is 45.1. The van der Waals surface area contributed by atoms with Gasteiger partial charge in [-0.2, -0.15) is 0 Å². The average Bonchev–Trinajstić information content (AvgIpc) is 3.35. The van der Waals surface area contributed by atoms with Gasteiger partial charge in [-0.25, -0.2) is 0 Å². The molecular weight excluding hydrogens is 602 g/mol. The number of hydrogen-bond donors (Lipinski definition) is 1. The molecule has 0 heterocycles. The molecule has 6 heteroatoms. The maximum Gasteiger partial charge on any atom is 0.312 e. The average molecular weight is 667 g/mol. The monoisotopic (exact) mass is 665 g/mol. The zero-order valence-corrected chi connectivity index (χ0v) is 30.7. The molecule has 5 aliphatic rings. The van der Waals surface area contributed by atoms with Crippen LogP contribution in [0.2, 0.25) is 0 Å². The Bertz CT molecular complexity index is 1050. The number of aliphatic hydroxyl groups excluding tert-OH is 1. The molecule has 5 nitrogen and oxygen atoms in total. The fraction of sp³-hybridized carbons (Fsp3) is 0.946. The van der Waals surface area contributed by atoms with Crippen molar-refractivity contribution in [2.45, 2.75) is 133 Å². The summed E-state index contributed by atoms with van der Waals surface area (Å²) in [6.45, 7) is 25.4. The summed E-state index contributed by atoms with van der Waals surface area (Å²) in [5.74, 6) is 1.92. The summed E-state index contributed by atoms with van der Waals surface area (Å²) in [6.07, 6.45) is 10.1. The minimum Gasteiger partial charge on any atom is -1.00 e. The second-order valence-corrected chi connectivity index (χ2v) is 17.1. The second kappa shape index (κ2) is 12.0. The number of hydrogen-bond acceptors (Lipinski definition) is 4. The number of aliphatic hydroxyl groups is 1. The van der Waals surface area contributed by atoms with Crippen LogP contribution in [0.4, 0.5) is 0 Å². The minimum atomic E-state index is -0.498. The molecule has 5 saturated carbocycles. The van der Waals surface area contributed by atoms with Gasteiger partial charge < -0.3 is 31.3 Å². The predicted octanol–water partition coefficient (Wildman–Crippen LogP) is 4.44. The van der Waals surface area contributed by atoms with Gasteiger partial charge in [-0.3, -0.25) is 9.59 Å². The number of likely N-dealkylation sites (N-methyl/N-ethyl adjacent to an activating group) is 1. The van der Waals surface area contributed by atoms with E-state index in [0.29, 0.717) is 24.4 Å². The van der Waals surface area contributed by atoms with Crippen LogP contribution in [-0.2, 0) is 14.3 Å². The van der Waals surface area contributed by atoms with Crippen molar-refractivity contribution < 1.29 is 40.9 Å². The van der Waals surface area contributed by atoms with E-state index in [1.54, 1.807) is 6.92 Å². The summed E-state index contributed by atoms with van der Waals surface area (Å²) < 4.78 is 7.23. The molecule has 0 radical (unpaired) electrons. The molecule has 0 aromatic carbocycles. The Kier molecular flexibility index (Phi) is 9.85. The Balaban J connectivity index is 0.00000423. The van der Waals surface area contributed by atoms with E-state index >= 15 is 0 Å². The molecule has 43 heavy (non-hydrogen) atoms. The van der Waals surface area contributed by atoms with E-state index in [-0.39, 0.29) is 68.3 Å². The fourth-order valence-electron chi connectivity index (χ4n) is 13.0. The number of Topliss-reactive ketones (excluding diaryl/α,β-unsaturated/α-hetero) is 1. The Morgan fingerprint density at radius 2 is 1.44 bits per heavy atom. The molecular formula is C37H64BrNO4. The SMILES string of the molecule is CC[N+](CC)(CC)CCOC(=O)[C@]12CC[C@@H](C(C)=O)[C@@H]1[C@H]1CC[C@@H]3[C@@]4(C)CC[C@H](O)C(C)(C)[C@@H]4CC[C@@]3(C)[C@]1(C)CC2.[Br-]. The van der Waals surface area contributed by atoms with E-state index in [0.717, 1.165) is 75.6 Å². The smallest absolute Gasteiger partial charge is 0.312 e. The highest BCUT2D eigenvalue weighted by Crippen LogP contribution is 2.77. The van der Waals surface area contributed by atoms with Crippen molar-refractivity contribution in [1.82, 2.24) is 0 Å². The first kappa shape index (κ1) is 35.4. The molecule has 10 atom stereocenters. The lowest BCUT2D eigenvalue weighted by molar-refractivity contribution is -0.923. The lowest BCUT2D eigenvalue weighted by Crippen LogP contribution is -3.00. The summed E-state index contributed by atoms with van der Waals surface area (Å²) in [4.78, 5) is 27.5. The standard InChI is InChI=1S/C37H64NO4.BrH/c1-10-38(11-2,12-3)23-24-42-32(41)37-20-15-26(25(4)39)31(37)27-13-14-29-34(7)18-17-30(40)33(5,6)28(34)16-19-36(29,9)35(27,8)21-22-37;/h26-31,40H,10-24H2,1-9H3;1H/q+1;/p-1/t26-,27+,28-,29+,30-,31+,34-,35+,36+,37-;/m0./s1. The van der Waals surface area contributed by atoms with Crippen molar-refractivity contribution in [3.8, 4) is 0 Å². The Morgan fingerprint density at radius 1 is 0.791 bits per heavy atom. The van der Waals surface area contributed by atoms with Crippen LogP contribution in [-0.4, -0.2) is 60.2 Å². The molecule has 0 aromatic rings. The van der Waals surface area contributed by atoms with Gasteiger partial charge in [-0.05, 0) is 137 Å². The molecule has 0 bridgehead atoms. The molecule has 0 spiro atoms. The predicted molar refractivity (Wildman–Crippen MR) is 169 cm³/mol. The summed E-state index contributed by atoms with van der Waals surface area (Å²) in [6, 6.07) is 0. The third kappa shape index (κ3) is 4.95. The van der Waals surface area contributed by atoms with Crippen LogP contribution < -0.4 is 17.0 Å². The summed E-state index contributed by atoms with van der Waals surface area (Å²) in [5.41, 5.74) is -0.0287. The van der Waals surface area contributed by atoms with E-state index in [1.165, 1.54) is 19.3 Å². The molecule has 0 unspecified atom stereocenters. The van der Waals surface area contributed by atoms with Crippen LogP contribution in [0, 0.1) is 56.7 Å². The molecule has 0 amide bonds. The highest BCUT2D eigenvalue weighted by Gasteiger charge is 2.72. The van der Waals surface area contributed by atoms with Gasteiger partial charge in [0.1, 0.15) is 18.9 Å². The second-order valence-electron chi connectivity index (χ2n) is 17.1. The van der Waals surface area contributed by atoms with Crippen LogP contribution in [0.3, 0.4) is 0 Å². The number of carbonyl (C=O) groups excluding carboxylic acids is 2. The van der Waals surface area contributed by atoms with Gasteiger partial charge >= 0.3 is 5.97 Å². The lowest BCUT2D eigenvalue weighted by atomic mass is 9.32. The number of ether oxygens (including phenoxy) is 1. The highest BCUT2D eigenvalue weighted by atomic mass is 79.9. The Hall–Kier alpha value is -0.460. The maximum atomic E-state index is 14.2. The molecule has 0 aliphatic heterocycles. The number of halogens is 1. The Morgan fingerprint density at radius 3 is 2.05 bits per heavy atom. The molecule has 5 rings (SSSR count). The van der Waals surface area contributed by atoms with Crippen molar-refractivity contribution in [3.63, 3.8) is 0 Å². The number of esters is 1. The van der Waals surface area contributed by atoms with E-state index in [2.05, 4.69) is 55.4 Å². The maximum absolute atomic E-state index is 14.2. The molecule has 1 N–H and O–H groups in total. The van der Waals surface area contributed by atoms with E-state index < -0.39 is 5.41 Å². The summed E-state index contributed by atoms with van der Waals surface area (Å²) >= 11 is 0. The van der Waals surface area contributed by atoms with Crippen molar-refractivity contribution >= 4 is 11.8 Å². The van der Waals surface area contributed by atoms with Gasteiger partial charge in [-0.1, -0.05) is 34.6 Å². The van der Waals surface area contributed by atoms with E-state index in [1.807, 2.05) is 0 Å². The number of fused-ring (bicyclic) bond motifs is 7. The van der Waals surface area contributed by atoms with Gasteiger partial charge in [-0.15, -0.1) is 0 Å². The van der Waals surface area contributed by atoms with Crippen LogP contribution in [0.5, 0.6) is 0 Å². The van der Waals surface area contributed by atoms with Gasteiger partial charge in [0.25, 0.3) is 0 Å². The summed E-state index contributed by atoms with van der Waals surface area (Å²) in [5, 5.41) is 11.0. The minimum absolute atomic E-state index is 0. The molecule has 0 aromatic heterocycles. The fourth-order valence-corrected chi connectivity index (χ4v) is 13.0. The first-order valence-corrected chi connectivity index (χ1v) is 17.8. The van der Waals surface area contributed by atoms with Crippen LogP contribution >= 0.6 is 0 Å². The van der Waals surface area contributed by atoms with Gasteiger partial charge in [0, 0.05) is 5.92 Å². The van der Waals surface area contributed by atoms with Gasteiger partial charge in [0.2, 0.25) is 0 Å². The van der Waals surface area contributed by atoms with E-state index in [9.17, 15) is 14.7 Å². The number of ketones is 1.